The Morgan fingerprint density at radius 2 is 1.81 bits per heavy atom. The number of carbonyl (C=O) groups is 1. The van der Waals surface area contributed by atoms with Gasteiger partial charge in [0.2, 0.25) is 10.0 Å². The number of nitrogens with one attached hydrogen (secondary N) is 1. The van der Waals surface area contributed by atoms with Crippen molar-refractivity contribution in [1.82, 2.24) is 4.72 Å². The molecule has 0 aliphatic carbocycles. The van der Waals surface area contributed by atoms with Crippen LogP contribution in [0, 0.1) is 0 Å². The van der Waals surface area contributed by atoms with Gasteiger partial charge in [0.05, 0.1) is 4.90 Å². The quantitative estimate of drug-likeness (QED) is 0.810. The average molecular weight is 313 g/mol. The summed E-state index contributed by atoms with van der Waals surface area (Å²) in [6.07, 6.45) is 0.795. The molecule has 0 saturated heterocycles. The summed E-state index contributed by atoms with van der Waals surface area (Å²) in [6.45, 7) is 7.24. The van der Waals surface area contributed by atoms with Gasteiger partial charge in [-0.2, -0.15) is 4.72 Å². The van der Waals surface area contributed by atoms with Gasteiger partial charge in [-0.15, -0.1) is 0 Å². The Morgan fingerprint density at radius 3 is 2.19 bits per heavy atom. The number of carboxylic acid groups (broad SMARTS) is 1. The van der Waals surface area contributed by atoms with Gasteiger partial charge in [0.15, 0.2) is 0 Å². The fourth-order valence-electron chi connectivity index (χ4n) is 2.09. The monoisotopic (exact) mass is 313 g/mol. The molecule has 1 atom stereocenters. The van der Waals surface area contributed by atoms with E-state index in [0.29, 0.717) is 12.3 Å². The van der Waals surface area contributed by atoms with E-state index in [9.17, 15) is 18.3 Å². The third-order valence-electron chi connectivity index (χ3n) is 3.44. The Balaban J connectivity index is 3.07. The van der Waals surface area contributed by atoms with Crippen molar-refractivity contribution in [2.24, 2.45) is 0 Å². The number of aliphatic carboxylic acids is 1. The summed E-state index contributed by atoms with van der Waals surface area (Å²) in [6, 6.07) is 6.51. The first kappa shape index (κ1) is 17.7. The summed E-state index contributed by atoms with van der Waals surface area (Å²) < 4.78 is 27.0. The summed E-state index contributed by atoms with van der Waals surface area (Å²) in [5, 5.41) is 9.26. The van der Waals surface area contributed by atoms with Crippen molar-refractivity contribution in [3.63, 3.8) is 0 Å². The molecule has 0 heterocycles. The standard InChI is InChI=1S/C15H23NO4S/c1-5-10-15(4,14(17)18)16-21(19,20)13-8-6-12(7-9-13)11(2)3/h6-9,11,16H,5,10H2,1-4H3,(H,17,18). The van der Waals surface area contributed by atoms with Crippen LogP contribution in [0.3, 0.4) is 0 Å². The van der Waals surface area contributed by atoms with Crippen LogP contribution in [0.2, 0.25) is 0 Å². The molecule has 0 saturated carbocycles. The smallest absolute Gasteiger partial charge is 0.324 e. The van der Waals surface area contributed by atoms with E-state index < -0.39 is 21.5 Å². The highest BCUT2D eigenvalue weighted by Gasteiger charge is 2.36. The Labute approximate surface area is 126 Å². The van der Waals surface area contributed by atoms with E-state index in [4.69, 9.17) is 0 Å². The van der Waals surface area contributed by atoms with Crippen LogP contribution < -0.4 is 4.72 Å². The van der Waals surface area contributed by atoms with E-state index >= 15 is 0 Å². The molecule has 6 heteroatoms. The van der Waals surface area contributed by atoms with Crippen LogP contribution in [-0.2, 0) is 14.8 Å². The number of hydrogen-bond donors (Lipinski definition) is 2. The zero-order valence-electron chi connectivity index (χ0n) is 12.9. The van der Waals surface area contributed by atoms with E-state index in [-0.39, 0.29) is 11.3 Å². The third-order valence-corrected chi connectivity index (χ3v) is 5.05. The number of benzene rings is 1. The zero-order valence-corrected chi connectivity index (χ0v) is 13.7. The van der Waals surface area contributed by atoms with Gasteiger partial charge in [0.25, 0.3) is 0 Å². The molecule has 0 amide bonds. The molecule has 1 unspecified atom stereocenters. The summed E-state index contributed by atoms with van der Waals surface area (Å²) in [5.41, 5.74) is -0.465. The van der Waals surface area contributed by atoms with Crippen molar-refractivity contribution in [1.29, 1.82) is 0 Å². The lowest BCUT2D eigenvalue weighted by Crippen LogP contribution is -2.51. The summed E-state index contributed by atoms with van der Waals surface area (Å²) in [7, 11) is -3.86. The van der Waals surface area contributed by atoms with E-state index in [1.165, 1.54) is 19.1 Å². The van der Waals surface area contributed by atoms with Crippen LogP contribution in [0.1, 0.15) is 52.0 Å². The lowest BCUT2D eigenvalue weighted by molar-refractivity contribution is -0.143. The molecule has 0 spiro atoms. The first-order valence-electron chi connectivity index (χ1n) is 6.99. The molecule has 5 nitrogen and oxygen atoms in total. The molecule has 0 aromatic heterocycles. The maximum absolute atomic E-state index is 12.3. The molecule has 0 radical (unpaired) electrons. The van der Waals surface area contributed by atoms with Crippen LogP contribution in [0.5, 0.6) is 0 Å². The van der Waals surface area contributed by atoms with Crippen molar-refractivity contribution in [3.05, 3.63) is 29.8 Å². The molecule has 21 heavy (non-hydrogen) atoms. The van der Waals surface area contributed by atoms with Crippen molar-refractivity contribution in [3.8, 4) is 0 Å². The minimum absolute atomic E-state index is 0.0791. The first-order valence-corrected chi connectivity index (χ1v) is 8.48. The highest BCUT2D eigenvalue weighted by Crippen LogP contribution is 2.20. The molecule has 2 N–H and O–H groups in total. The molecule has 0 aliphatic heterocycles. The van der Waals surface area contributed by atoms with E-state index in [1.54, 1.807) is 12.1 Å². The average Bonchev–Trinajstić information content (AvgIpc) is 2.38. The van der Waals surface area contributed by atoms with Crippen LogP contribution in [0.4, 0.5) is 0 Å². The van der Waals surface area contributed by atoms with Crippen molar-refractivity contribution < 1.29 is 18.3 Å². The largest absolute Gasteiger partial charge is 0.480 e. The van der Waals surface area contributed by atoms with Gasteiger partial charge in [0, 0.05) is 0 Å². The van der Waals surface area contributed by atoms with Gasteiger partial charge in [-0.3, -0.25) is 4.79 Å². The minimum Gasteiger partial charge on any atom is -0.480 e. The van der Waals surface area contributed by atoms with E-state index in [2.05, 4.69) is 4.72 Å². The Kier molecular flexibility index (Phi) is 5.53. The van der Waals surface area contributed by atoms with Crippen LogP contribution >= 0.6 is 0 Å². The SMILES string of the molecule is CCCC(C)(NS(=O)(=O)c1ccc(C(C)C)cc1)C(=O)O. The second kappa shape index (κ2) is 6.58. The van der Waals surface area contributed by atoms with Crippen molar-refractivity contribution in [2.45, 2.75) is 56.9 Å². The third kappa shape index (κ3) is 4.28. The Hall–Kier alpha value is -1.40. The molecule has 118 valence electrons. The first-order chi connectivity index (χ1) is 9.62. The maximum Gasteiger partial charge on any atom is 0.324 e. The van der Waals surface area contributed by atoms with Crippen LogP contribution in [-0.4, -0.2) is 25.0 Å². The fourth-order valence-corrected chi connectivity index (χ4v) is 3.48. The van der Waals surface area contributed by atoms with Gasteiger partial charge in [0.1, 0.15) is 5.54 Å². The Morgan fingerprint density at radius 1 is 1.29 bits per heavy atom. The molecular weight excluding hydrogens is 290 g/mol. The number of carboxylic acids is 1. The minimum atomic E-state index is -3.86. The summed E-state index contributed by atoms with van der Waals surface area (Å²) >= 11 is 0. The molecular formula is C15H23NO4S. The molecule has 0 aliphatic rings. The number of rotatable bonds is 7. The van der Waals surface area contributed by atoms with Gasteiger partial charge in [-0.05, 0) is 37.0 Å². The van der Waals surface area contributed by atoms with Gasteiger partial charge in [-0.1, -0.05) is 39.3 Å². The molecule has 1 aromatic carbocycles. The van der Waals surface area contributed by atoms with Crippen LogP contribution in [0.25, 0.3) is 0 Å². The molecule has 0 fully saturated rings. The number of hydrogen-bond acceptors (Lipinski definition) is 3. The topological polar surface area (TPSA) is 83.5 Å². The zero-order chi connectivity index (χ0) is 16.3. The van der Waals surface area contributed by atoms with Gasteiger partial charge >= 0.3 is 5.97 Å². The highest BCUT2D eigenvalue weighted by atomic mass is 32.2. The normalized spacial score (nSPS) is 14.9. The lowest BCUT2D eigenvalue weighted by atomic mass is 9.98. The second-order valence-corrected chi connectivity index (χ2v) is 7.40. The van der Waals surface area contributed by atoms with E-state index in [1.807, 2.05) is 20.8 Å². The Bertz CT molecular complexity index is 593. The molecule has 1 aromatic rings. The van der Waals surface area contributed by atoms with Gasteiger partial charge < -0.3 is 5.11 Å². The van der Waals surface area contributed by atoms with Gasteiger partial charge in [-0.25, -0.2) is 8.42 Å². The summed E-state index contributed by atoms with van der Waals surface area (Å²) in [4.78, 5) is 11.4. The van der Waals surface area contributed by atoms with Crippen molar-refractivity contribution >= 4 is 16.0 Å². The summed E-state index contributed by atoms with van der Waals surface area (Å²) in [5.74, 6) is -0.870. The lowest BCUT2D eigenvalue weighted by Gasteiger charge is -2.25. The highest BCUT2D eigenvalue weighted by molar-refractivity contribution is 7.89. The molecule has 1 rings (SSSR count). The van der Waals surface area contributed by atoms with Crippen molar-refractivity contribution in [2.75, 3.05) is 0 Å². The fraction of sp³-hybridized carbons (Fsp3) is 0.533. The van der Waals surface area contributed by atoms with Crippen LogP contribution in [0.15, 0.2) is 29.2 Å². The second-order valence-electron chi connectivity index (χ2n) is 5.72. The predicted octanol–water partition coefficient (Wildman–Crippen LogP) is 2.73. The maximum atomic E-state index is 12.3. The predicted molar refractivity (Wildman–Crippen MR) is 81.8 cm³/mol. The molecule has 0 bridgehead atoms. The number of sulfonamides is 1. The van der Waals surface area contributed by atoms with E-state index in [0.717, 1.165) is 5.56 Å².